The molecule has 1 N–H and O–H groups in total. The van der Waals surface area contributed by atoms with Crippen molar-refractivity contribution < 1.29 is 0 Å². The summed E-state index contributed by atoms with van der Waals surface area (Å²) in [6.07, 6.45) is 1.52. The van der Waals surface area contributed by atoms with E-state index in [1.54, 1.807) is 12.1 Å². The molecule has 0 radical (unpaired) electrons. The van der Waals surface area contributed by atoms with E-state index in [2.05, 4.69) is 15.3 Å². The highest BCUT2D eigenvalue weighted by molar-refractivity contribution is 6.33. The van der Waals surface area contributed by atoms with Gasteiger partial charge in [0, 0.05) is 6.20 Å². The van der Waals surface area contributed by atoms with Gasteiger partial charge in [-0.2, -0.15) is 5.26 Å². The van der Waals surface area contributed by atoms with Gasteiger partial charge < -0.3 is 5.32 Å². The Morgan fingerprint density at radius 3 is 2.81 bits per heavy atom. The number of halogens is 1. The Labute approximate surface area is 97.5 Å². The van der Waals surface area contributed by atoms with Gasteiger partial charge in [-0.3, -0.25) is 0 Å². The van der Waals surface area contributed by atoms with Crippen LogP contribution in [0.3, 0.4) is 0 Å². The number of rotatable bonds is 2. The van der Waals surface area contributed by atoms with Gasteiger partial charge in [0.2, 0.25) is 5.82 Å². The predicted molar refractivity (Wildman–Crippen MR) is 61.5 cm³/mol. The Morgan fingerprint density at radius 1 is 1.25 bits per heavy atom. The second kappa shape index (κ2) is 4.60. The molecular weight excluding hydrogens is 224 g/mol. The number of hydrogen-bond acceptors (Lipinski definition) is 4. The monoisotopic (exact) mass is 230 g/mol. The molecule has 2 aromatic rings. The average Bonchev–Trinajstić information content (AvgIpc) is 2.32. The van der Waals surface area contributed by atoms with Crippen molar-refractivity contribution in [2.75, 3.05) is 5.32 Å². The van der Waals surface area contributed by atoms with Crippen molar-refractivity contribution in [3.63, 3.8) is 0 Å². The molecule has 0 aliphatic heterocycles. The van der Waals surface area contributed by atoms with Crippen molar-refractivity contribution >= 4 is 23.1 Å². The molecule has 16 heavy (non-hydrogen) atoms. The lowest BCUT2D eigenvalue weighted by atomic mass is 10.3. The van der Waals surface area contributed by atoms with E-state index in [0.717, 1.165) is 5.69 Å². The number of hydrogen-bond donors (Lipinski definition) is 1. The second-order valence-corrected chi connectivity index (χ2v) is 3.39. The third-order valence-electron chi connectivity index (χ3n) is 1.89. The zero-order valence-electron chi connectivity index (χ0n) is 8.18. The number of nitrogens with zero attached hydrogens (tertiary/aromatic N) is 3. The van der Waals surface area contributed by atoms with Gasteiger partial charge in [-0.15, -0.1) is 0 Å². The summed E-state index contributed by atoms with van der Waals surface area (Å²) < 4.78 is 0. The fourth-order valence-corrected chi connectivity index (χ4v) is 1.37. The topological polar surface area (TPSA) is 61.6 Å². The zero-order valence-corrected chi connectivity index (χ0v) is 8.94. The Hall–Kier alpha value is -2.12. The Morgan fingerprint density at radius 2 is 2.06 bits per heavy atom. The first-order chi connectivity index (χ1) is 7.79. The number of nitrogens with one attached hydrogen (secondary N) is 1. The van der Waals surface area contributed by atoms with Crippen molar-refractivity contribution in [2.24, 2.45) is 0 Å². The number of aromatic nitrogens is 2. The van der Waals surface area contributed by atoms with E-state index in [9.17, 15) is 0 Å². The smallest absolute Gasteiger partial charge is 0.234 e. The van der Waals surface area contributed by atoms with E-state index in [0.29, 0.717) is 10.8 Å². The lowest BCUT2D eigenvalue weighted by Gasteiger charge is -2.06. The third-order valence-corrected chi connectivity index (χ3v) is 2.22. The van der Waals surface area contributed by atoms with Gasteiger partial charge in [-0.25, -0.2) is 9.97 Å². The summed E-state index contributed by atoms with van der Waals surface area (Å²) in [6, 6.07) is 10.9. The molecule has 1 aromatic heterocycles. The minimum Gasteiger partial charge on any atom is -0.339 e. The molecule has 0 saturated heterocycles. The maximum absolute atomic E-state index is 8.65. The summed E-state index contributed by atoms with van der Waals surface area (Å²) in [5.74, 6) is 0.664. The average molecular weight is 231 g/mol. The largest absolute Gasteiger partial charge is 0.339 e. The van der Waals surface area contributed by atoms with Crippen LogP contribution < -0.4 is 5.32 Å². The highest BCUT2D eigenvalue weighted by Crippen LogP contribution is 2.23. The zero-order chi connectivity index (χ0) is 11.4. The molecule has 0 aliphatic rings. The first-order valence-corrected chi connectivity index (χ1v) is 4.92. The molecule has 0 spiro atoms. The molecule has 0 fully saturated rings. The molecule has 1 aromatic carbocycles. The maximum atomic E-state index is 8.65. The fraction of sp³-hybridized carbons (Fsp3) is 0. The molecule has 0 saturated carbocycles. The lowest BCUT2D eigenvalue weighted by molar-refractivity contribution is 1.11. The summed E-state index contributed by atoms with van der Waals surface area (Å²) in [4.78, 5) is 7.76. The van der Waals surface area contributed by atoms with E-state index in [1.807, 2.05) is 24.3 Å². The molecule has 5 heteroatoms. The SMILES string of the molecule is N#Cc1nccc(Nc2ccccc2Cl)n1. The summed E-state index contributed by atoms with van der Waals surface area (Å²) in [7, 11) is 0. The number of para-hydroxylation sites is 1. The molecule has 0 aliphatic carbocycles. The maximum Gasteiger partial charge on any atom is 0.234 e. The van der Waals surface area contributed by atoms with Crippen LogP contribution in [0.1, 0.15) is 5.82 Å². The van der Waals surface area contributed by atoms with Crippen LogP contribution in [-0.4, -0.2) is 9.97 Å². The summed E-state index contributed by atoms with van der Waals surface area (Å²) in [6.45, 7) is 0. The molecule has 0 atom stereocenters. The lowest BCUT2D eigenvalue weighted by Crippen LogP contribution is -1.97. The number of anilines is 2. The van der Waals surface area contributed by atoms with Crippen molar-refractivity contribution in [1.82, 2.24) is 9.97 Å². The van der Waals surface area contributed by atoms with E-state index < -0.39 is 0 Å². The van der Waals surface area contributed by atoms with Crippen molar-refractivity contribution in [1.29, 1.82) is 5.26 Å². The Kier molecular flexibility index (Phi) is 2.99. The molecule has 4 nitrogen and oxygen atoms in total. The van der Waals surface area contributed by atoms with Gasteiger partial charge in [-0.05, 0) is 18.2 Å². The normalized spacial score (nSPS) is 9.50. The molecule has 0 bridgehead atoms. The van der Waals surface area contributed by atoms with Crippen molar-refractivity contribution in [2.45, 2.75) is 0 Å². The molecule has 0 unspecified atom stereocenters. The van der Waals surface area contributed by atoms with Crippen molar-refractivity contribution in [3.05, 3.63) is 47.4 Å². The second-order valence-electron chi connectivity index (χ2n) is 2.98. The highest BCUT2D eigenvalue weighted by atomic mass is 35.5. The molecule has 0 amide bonds. The fourth-order valence-electron chi connectivity index (χ4n) is 1.18. The van der Waals surface area contributed by atoms with E-state index in [-0.39, 0.29) is 5.82 Å². The van der Waals surface area contributed by atoms with Gasteiger partial charge in [0.1, 0.15) is 11.9 Å². The van der Waals surface area contributed by atoms with Crippen LogP contribution in [-0.2, 0) is 0 Å². The number of nitriles is 1. The molecular formula is C11H7ClN4. The van der Waals surface area contributed by atoms with Crippen LogP contribution in [0.4, 0.5) is 11.5 Å². The summed E-state index contributed by atoms with van der Waals surface area (Å²) >= 11 is 5.98. The first kappa shape index (κ1) is 10.4. The minimum absolute atomic E-state index is 0.122. The van der Waals surface area contributed by atoms with Crippen LogP contribution in [0.5, 0.6) is 0 Å². The highest BCUT2D eigenvalue weighted by Gasteiger charge is 2.01. The van der Waals surface area contributed by atoms with Gasteiger partial charge in [0.15, 0.2) is 0 Å². The van der Waals surface area contributed by atoms with Crippen LogP contribution in [0, 0.1) is 11.3 Å². The van der Waals surface area contributed by atoms with Gasteiger partial charge in [-0.1, -0.05) is 23.7 Å². The quantitative estimate of drug-likeness (QED) is 0.862. The van der Waals surface area contributed by atoms with Crippen LogP contribution in [0.25, 0.3) is 0 Å². The van der Waals surface area contributed by atoms with E-state index in [4.69, 9.17) is 16.9 Å². The minimum atomic E-state index is 0.122. The Balaban J connectivity index is 2.28. The van der Waals surface area contributed by atoms with Gasteiger partial charge >= 0.3 is 0 Å². The standard InChI is InChI=1S/C11H7ClN4/c12-8-3-1-2-4-9(8)15-10-5-6-14-11(7-13)16-10/h1-6H,(H,14,15,16). The third kappa shape index (κ3) is 2.27. The molecule has 78 valence electrons. The first-order valence-electron chi connectivity index (χ1n) is 4.54. The Bertz CT molecular complexity index is 548. The van der Waals surface area contributed by atoms with E-state index >= 15 is 0 Å². The van der Waals surface area contributed by atoms with Crippen LogP contribution in [0.2, 0.25) is 5.02 Å². The van der Waals surface area contributed by atoms with E-state index in [1.165, 1.54) is 6.20 Å². The molecule has 2 rings (SSSR count). The summed E-state index contributed by atoms with van der Waals surface area (Å²) in [5.41, 5.74) is 0.742. The van der Waals surface area contributed by atoms with Gasteiger partial charge in [0.05, 0.1) is 10.7 Å². The summed E-state index contributed by atoms with van der Waals surface area (Å²) in [5, 5.41) is 12.3. The molecule has 1 heterocycles. The van der Waals surface area contributed by atoms with Crippen LogP contribution >= 0.6 is 11.6 Å². The predicted octanol–water partition coefficient (Wildman–Crippen LogP) is 2.75. The van der Waals surface area contributed by atoms with Crippen LogP contribution in [0.15, 0.2) is 36.5 Å². The van der Waals surface area contributed by atoms with Crippen molar-refractivity contribution in [3.8, 4) is 6.07 Å². The number of benzene rings is 1. The van der Waals surface area contributed by atoms with Gasteiger partial charge in [0.25, 0.3) is 0 Å².